The van der Waals surface area contributed by atoms with Gasteiger partial charge in [-0.1, -0.05) is 6.07 Å². The molecule has 158 valence electrons. The molecule has 1 aromatic heterocycles. The molecule has 0 unspecified atom stereocenters. The quantitative estimate of drug-likeness (QED) is 0.329. The number of pyridine rings is 1. The smallest absolute Gasteiger partial charge is 0.416 e. The molecule has 0 spiro atoms. The fraction of sp³-hybridized carbons (Fsp3) is 0.0952. The fourth-order valence-electron chi connectivity index (χ4n) is 2.39. The number of hydrogen-bond donors (Lipinski definition) is 2. The minimum atomic E-state index is -4.48. The first-order chi connectivity index (χ1) is 14.7. The number of amides is 1. The van der Waals surface area contributed by atoms with Gasteiger partial charge in [-0.05, 0) is 55.5 Å². The number of carbonyl (C=O) groups is 1. The summed E-state index contributed by atoms with van der Waals surface area (Å²) in [6.45, 7) is 1.79. The van der Waals surface area contributed by atoms with E-state index in [0.29, 0.717) is 5.56 Å². The highest BCUT2D eigenvalue weighted by Gasteiger charge is 2.30. The van der Waals surface area contributed by atoms with Gasteiger partial charge in [0.1, 0.15) is 5.75 Å². The molecule has 1 amide bonds. The molecule has 3 rings (SSSR count). The van der Waals surface area contributed by atoms with E-state index in [1.165, 1.54) is 42.7 Å². The monoisotopic (exact) mass is 427 g/mol. The Balaban J connectivity index is 1.71. The summed E-state index contributed by atoms with van der Waals surface area (Å²) in [6, 6.07) is 11.9. The average molecular weight is 427 g/mol. The molecule has 0 saturated heterocycles. The predicted molar refractivity (Wildman–Crippen MR) is 108 cm³/mol. The predicted octanol–water partition coefficient (Wildman–Crippen LogP) is 5.29. The largest absolute Gasteiger partial charge is 0.507 e. The lowest BCUT2D eigenvalue weighted by molar-refractivity contribution is -0.137. The number of aryl methyl sites for hydroxylation is 1. The molecule has 1 heterocycles. The molecular formula is C21H16F3N5O2. The van der Waals surface area contributed by atoms with E-state index in [1.54, 1.807) is 19.1 Å². The van der Waals surface area contributed by atoms with E-state index in [4.69, 9.17) is 0 Å². The number of nitrogens with one attached hydrogen (secondary N) is 1. The zero-order valence-electron chi connectivity index (χ0n) is 16.1. The molecule has 3 aromatic rings. The molecule has 0 radical (unpaired) electrons. The van der Waals surface area contributed by atoms with Crippen LogP contribution in [0.5, 0.6) is 5.75 Å². The van der Waals surface area contributed by atoms with Crippen molar-refractivity contribution in [3.63, 3.8) is 0 Å². The Morgan fingerprint density at radius 2 is 1.81 bits per heavy atom. The Bertz CT molecular complexity index is 1140. The third-order valence-electron chi connectivity index (χ3n) is 4.01. The van der Waals surface area contributed by atoms with Crippen LogP contribution in [0.3, 0.4) is 0 Å². The Morgan fingerprint density at radius 3 is 2.48 bits per heavy atom. The molecule has 0 bridgehead atoms. The number of phenols is 1. The standard InChI is InChI=1S/C21H16F3N5O2/c1-13-5-6-14(11-25-13)20(31)29-26-12-15-9-18(7-8-19(15)30)28-27-17-4-2-3-16(10-17)21(22,23)24/h2-12,30H,1H3,(H,29,31). The van der Waals surface area contributed by atoms with E-state index in [9.17, 15) is 23.1 Å². The van der Waals surface area contributed by atoms with E-state index in [2.05, 4.69) is 25.7 Å². The van der Waals surface area contributed by atoms with E-state index in [0.717, 1.165) is 17.8 Å². The van der Waals surface area contributed by atoms with E-state index in [-0.39, 0.29) is 22.7 Å². The van der Waals surface area contributed by atoms with E-state index < -0.39 is 17.6 Å². The summed E-state index contributed by atoms with van der Waals surface area (Å²) in [5, 5.41) is 21.4. The van der Waals surface area contributed by atoms with Crippen molar-refractivity contribution >= 4 is 23.5 Å². The van der Waals surface area contributed by atoms with Gasteiger partial charge in [0.25, 0.3) is 5.91 Å². The maximum absolute atomic E-state index is 12.8. The molecule has 0 atom stereocenters. The highest BCUT2D eigenvalue weighted by atomic mass is 19.4. The minimum Gasteiger partial charge on any atom is -0.507 e. The number of alkyl halides is 3. The first-order valence-electron chi connectivity index (χ1n) is 8.90. The lowest BCUT2D eigenvalue weighted by atomic mass is 10.2. The fourth-order valence-corrected chi connectivity index (χ4v) is 2.39. The van der Waals surface area contributed by atoms with Gasteiger partial charge >= 0.3 is 6.18 Å². The van der Waals surface area contributed by atoms with Crippen molar-refractivity contribution in [2.24, 2.45) is 15.3 Å². The molecule has 0 fully saturated rings. The van der Waals surface area contributed by atoms with Gasteiger partial charge in [0.05, 0.1) is 28.7 Å². The van der Waals surface area contributed by atoms with Crippen LogP contribution in [-0.4, -0.2) is 22.2 Å². The molecule has 0 saturated carbocycles. The third-order valence-corrected chi connectivity index (χ3v) is 4.01. The Labute approximate surface area is 175 Å². The van der Waals surface area contributed by atoms with Crippen molar-refractivity contribution < 1.29 is 23.1 Å². The average Bonchev–Trinajstić information content (AvgIpc) is 2.74. The number of halogens is 3. The maximum atomic E-state index is 12.8. The molecule has 0 aliphatic heterocycles. The molecule has 7 nitrogen and oxygen atoms in total. The summed E-state index contributed by atoms with van der Waals surface area (Å²) in [6.07, 6.45) is -1.86. The second-order valence-corrected chi connectivity index (χ2v) is 6.38. The molecule has 2 N–H and O–H groups in total. The summed E-state index contributed by atoms with van der Waals surface area (Å²) >= 11 is 0. The van der Waals surface area contributed by atoms with Gasteiger partial charge in [0.2, 0.25) is 0 Å². The normalized spacial score (nSPS) is 11.9. The highest BCUT2D eigenvalue weighted by molar-refractivity contribution is 5.94. The summed E-state index contributed by atoms with van der Waals surface area (Å²) in [7, 11) is 0. The van der Waals surface area contributed by atoms with Crippen LogP contribution < -0.4 is 5.43 Å². The molecule has 0 aliphatic rings. The van der Waals surface area contributed by atoms with Gasteiger partial charge in [-0.15, -0.1) is 0 Å². The number of azo groups is 1. The summed E-state index contributed by atoms with van der Waals surface area (Å²) in [5.41, 5.74) is 3.08. The zero-order chi connectivity index (χ0) is 22.4. The molecule has 10 heteroatoms. The van der Waals surface area contributed by atoms with E-state index >= 15 is 0 Å². The van der Waals surface area contributed by atoms with Crippen LogP contribution in [0, 0.1) is 6.92 Å². The lowest BCUT2D eigenvalue weighted by Gasteiger charge is -2.06. The molecule has 0 aliphatic carbocycles. The van der Waals surface area contributed by atoms with Crippen LogP contribution in [-0.2, 0) is 6.18 Å². The SMILES string of the molecule is Cc1ccc(C(=O)NN=Cc2cc(N=Nc3cccc(C(F)(F)F)c3)ccc2O)cn1. The summed E-state index contributed by atoms with van der Waals surface area (Å²) in [5.74, 6) is -0.614. The van der Waals surface area contributed by atoms with Crippen molar-refractivity contribution in [2.75, 3.05) is 0 Å². The van der Waals surface area contributed by atoms with Gasteiger partial charge in [-0.3, -0.25) is 9.78 Å². The van der Waals surface area contributed by atoms with Crippen molar-refractivity contribution in [1.82, 2.24) is 10.4 Å². The second-order valence-electron chi connectivity index (χ2n) is 6.38. The van der Waals surface area contributed by atoms with Crippen LogP contribution in [0.2, 0.25) is 0 Å². The van der Waals surface area contributed by atoms with Gasteiger partial charge in [0, 0.05) is 17.5 Å². The summed E-state index contributed by atoms with van der Waals surface area (Å²) < 4.78 is 38.3. The summed E-state index contributed by atoms with van der Waals surface area (Å²) in [4.78, 5) is 16.0. The number of aromatic hydroxyl groups is 1. The van der Waals surface area contributed by atoms with Crippen molar-refractivity contribution in [1.29, 1.82) is 0 Å². The number of hydrogen-bond acceptors (Lipinski definition) is 6. The number of aromatic nitrogens is 1. The molecular weight excluding hydrogens is 411 g/mol. The van der Waals surface area contributed by atoms with Crippen LogP contribution >= 0.6 is 0 Å². The van der Waals surface area contributed by atoms with Crippen molar-refractivity contribution in [3.8, 4) is 5.75 Å². The first-order valence-corrected chi connectivity index (χ1v) is 8.90. The number of hydrazone groups is 1. The minimum absolute atomic E-state index is 0.0251. The number of benzene rings is 2. The van der Waals surface area contributed by atoms with Gasteiger partial charge < -0.3 is 5.11 Å². The van der Waals surface area contributed by atoms with Crippen LogP contribution in [0.25, 0.3) is 0 Å². The number of carbonyl (C=O) groups excluding carboxylic acids is 1. The Kier molecular flexibility index (Phi) is 6.39. The van der Waals surface area contributed by atoms with Gasteiger partial charge in [-0.25, -0.2) is 5.43 Å². The first kappa shape index (κ1) is 21.6. The topological polar surface area (TPSA) is 99.3 Å². The zero-order valence-corrected chi connectivity index (χ0v) is 16.1. The third kappa shape index (κ3) is 5.95. The van der Waals surface area contributed by atoms with Crippen LogP contribution in [0.4, 0.5) is 24.5 Å². The highest BCUT2D eigenvalue weighted by Crippen LogP contribution is 2.32. The number of nitrogens with zero attached hydrogens (tertiary/aromatic N) is 4. The van der Waals surface area contributed by atoms with Crippen molar-refractivity contribution in [3.05, 3.63) is 83.2 Å². The second kappa shape index (κ2) is 9.16. The Hall–Kier alpha value is -4.08. The molecule has 2 aromatic carbocycles. The maximum Gasteiger partial charge on any atom is 0.416 e. The van der Waals surface area contributed by atoms with Crippen LogP contribution in [0.15, 0.2) is 76.1 Å². The van der Waals surface area contributed by atoms with Gasteiger partial charge in [-0.2, -0.15) is 28.5 Å². The van der Waals surface area contributed by atoms with Gasteiger partial charge in [0.15, 0.2) is 0 Å². The van der Waals surface area contributed by atoms with E-state index in [1.807, 2.05) is 0 Å². The number of rotatable bonds is 5. The van der Waals surface area contributed by atoms with Crippen molar-refractivity contribution in [2.45, 2.75) is 13.1 Å². The molecule has 31 heavy (non-hydrogen) atoms. The Morgan fingerprint density at radius 1 is 1.06 bits per heavy atom. The lowest BCUT2D eigenvalue weighted by Crippen LogP contribution is -2.17. The van der Waals surface area contributed by atoms with Crippen LogP contribution in [0.1, 0.15) is 27.2 Å². The number of phenolic OH excluding ortho intramolecular Hbond substituents is 1.